The summed E-state index contributed by atoms with van der Waals surface area (Å²) >= 11 is 0. The number of rotatable bonds is 8. The van der Waals surface area contributed by atoms with Crippen LogP contribution in [0.1, 0.15) is 66.2 Å². The van der Waals surface area contributed by atoms with E-state index in [0.717, 1.165) is 25.7 Å². The van der Waals surface area contributed by atoms with Crippen molar-refractivity contribution in [1.82, 2.24) is 15.5 Å². The molecule has 8 nitrogen and oxygen atoms in total. The molecule has 3 aliphatic heterocycles. The van der Waals surface area contributed by atoms with Gasteiger partial charge in [0.05, 0.1) is 17.4 Å². The molecular weight excluding hydrogens is 386 g/mol. The Morgan fingerprint density at radius 2 is 1.83 bits per heavy atom. The van der Waals surface area contributed by atoms with E-state index >= 15 is 0 Å². The highest BCUT2D eigenvalue weighted by Gasteiger charge is 2.77. The summed E-state index contributed by atoms with van der Waals surface area (Å²) in [7, 11) is 1.58. The summed E-state index contributed by atoms with van der Waals surface area (Å²) in [6.45, 7) is 8.24. The Balaban J connectivity index is 1.92. The molecule has 5 atom stereocenters. The van der Waals surface area contributed by atoms with Crippen molar-refractivity contribution >= 4 is 17.7 Å². The molecule has 2 unspecified atom stereocenters. The van der Waals surface area contributed by atoms with Crippen LogP contribution in [0.3, 0.4) is 0 Å². The summed E-state index contributed by atoms with van der Waals surface area (Å²) < 4.78 is 6.48. The van der Waals surface area contributed by atoms with Crippen LogP contribution in [-0.2, 0) is 19.1 Å². The predicted molar refractivity (Wildman–Crippen MR) is 111 cm³/mol. The molecule has 0 aliphatic carbocycles. The Hall–Kier alpha value is -1.67. The van der Waals surface area contributed by atoms with Crippen LogP contribution in [0, 0.1) is 11.8 Å². The number of ether oxygens (including phenoxy) is 1. The molecule has 8 heteroatoms. The number of carbonyl (C=O) groups excluding carboxylic acids is 3. The maximum Gasteiger partial charge on any atom is 0.246 e. The van der Waals surface area contributed by atoms with E-state index in [1.165, 1.54) is 0 Å². The van der Waals surface area contributed by atoms with E-state index in [9.17, 15) is 14.4 Å². The molecule has 3 rings (SSSR count). The second-order valence-corrected chi connectivity index (χ2v) is 10.3. The molecule has 3 fully saturated rings. The fourth-order valence-electron chi connectivity index (χ4n) is 5.71. The second-order valence-electron chi connectivity index (χ2n) is 10.3. The number of amides is 3. The number of aliphatic hydroxyl groups excluding tert-OH is 1. The molecule has 2 bridgehead atoms. The smallest absolute Gasteiger partial charge is 0.246 e. The second kappa shape index (κ2) is 8.11. The number of fused-ring (bicyclic) bond motifs is 1. The zero-order valence-electron chi connectivity index (χ0n) is 18.9. The number of nitrogens with one attached hydrogen (secondary N) is 2. The van der Waals surface area contributed by atoms with Gasteiger partial charge in [-0.2, -0.15) is 0 Å². The molecule has 1 spiro atoms. The Morgan fingerprint density at radius 3 is 2.43 bits per heavy atom. The van der Waals surface area contributed by atoms with Gasteiger partial charge in [-0.1, -0.05) is 12.8 Å². The lowest BCUT2D eigenvalue weighted by Gasteiger charge is -2.35. The standard InChI is InChI=1S/C22H37N3O5/c1-20(2,3)24-18(28)16-22-11-10-21(4,30-22)14(17(27)23-5)15(22)19(29)25(16)12-8-6-7-9-13-26/h14-16,26H,6-13H2,1-5H3,(H,23,27)(H,24,28)/t14-,15-,16?,21+,22?/m0/s1. The third kappa shape index (κ3) is 3.73. The highest BCUT2D eigenvalue weighted by Crippen LogP contribution is 2.63. The van der Waals surface area contributed by atoms with E-state index in [4.69, 9.17) is 9.84 Å². The summed E-state index contributed by atoms with van der Waals surface area (Å²) in [5.41, 5.74) is -2.13. The molecule has 3 N–H and O–H groups in total. The van der Waals surface area contributed by atoms with Crippen LogP contribution in [0.5, 0.6) is 0 Å². The number of aliphatic hydroxyl groups is 1. The zero-order valence-corrected chi connectivity index (χ0v) is 18.9. The molecule has 3 aliphatic rings. The van der Waals surface area contributed by atoms with Gasteiger partial charge in [-0.25, -0.2) is 0 Å². The first-order chi connectivity index (χ1) is 14.0. The minimum atomic E-state index is -0.955. The lowest BCUT2D eigenvalue weighted by Crippen LogP contribution is -2.58. The summed E-state index contributed by atoms with van der Waals surface area (Å²) in [4.78, 5) is 41.4. The van der Waals surface area contributed by atoms with Gasteiger partial charge in [0.25, 0.3) is 0 Å². The Labute approximate surface area is 179 Å². The minimum absolute atomic E-state index is 0.150. The summed E-state index contributed by atoms with van der Waals surface area (Å²) in [6, 6.07) is -0.733. The third-order valence-electron chi connectivity index (χ3n) is 6.86. The van der Waals surface area contributed by atoms with E-state index < -0.39 is 34.6 Å². The minimum Gasteiger partial charge on any atom is -0.396 e. The van der Waals surface area contributed by atoms with Crippen molar-refractivity contribution in [1.29, 1.82) is 0 Å². The fourth-order valence-corrected chi connectivity index (χ4v) is 5.71. The summed E-state index contributed by atoms with van der Waals surface area (Å²) in [5.74, 6) is -1.78. The molecular formula is C22H37N3O5. The van der Waals surface area contributed by atoms with Crippen molar-refractivity contribution in [2.75, 3.05) is 20.2 Å². The Kier molecular flexibility index (Phi) is 6.22. The number of hydrogen-bond acceptors (Lipinski definition) is 5. The molecule has 30 heavy (non-hydrogen) atoms. The molecule has 0 aromatic heterocycles. The lowest BCUT2D eigenvalue weighted by atomic mass is 9.66. The van der Waals surface area contributed by atoms with E-state index in [-0.39, 0.29) is 24.3 Å². The van der Waals surface area contributed by atoms with Crippen molar-refractivity contribution < 1.29 is 24.2 Å². The quantitative estimate of drug-likeness (QED) is 0.504. The van der Waals surface area contributed by atoms with Gasteiger partial charge in [-0.3, -0.25) is 14.4 Å². The van der Waals surface area contributed by atoms with Gasteiger partial charge in [-0.05, 0) is 53.4 Å². The van der Waals surface area contributed by atoms with Gasteiger partial charge in [0.1, 0.15) is 11.6 Å². The van der Waals surface area contributed by atoms with Crippen molar-refractivity contribution in [3.05, 3.63) is 0 Å². The highest BCUT2D eigenvalue weighted by molar-refractivity contribution is 5.99. The largest absolute Gasteiger partial charge is 0.396 e. The van der Waals surface area contributed by atoms with Crippen LogP contribution in [0.4, 0.5) is 0 Å². The molecule has 3 saturated heterocycles. The molecule has 170 valence electrons. The van der Waals surface area contributed by atoms with Crippen LogP contribution >= 0.6 is 0 Å². The first kappa shape index (κ1) is 23.0. The van der Waals surface area contributed by atoms with E-state index in [0.29, 0.717) is 19.4 Å². The number of hydrogen-bond donors (Lipinski definition) is 3. The number of likely N-dealkylation sites (tertiary alicyclic amines) is 1. The average Bonchev–Trinajstić information content (AvgIpc) is 3.21. The third-order valence-corrected chi connectivity index (χ3v) is 6.86. The summed E-state index contributed by atoms with van der Waals surface area (Å²) in [5, 5.41) is 14.7. The van der Waals surface area contributed by atoms with Gasteiger partial charge < -0.3 is 25.4 Å². The molecule has 3 heterocycles. The molecule has 0 aromatic carbocycles. The normalized spacial score (nSPS) is 34.9. The topological polar surface area (TPSA) is 108 Å². The van der Waals surface area contributed by atoms with Crippen molar-refractivity contribution in [2.24, 2.45) is 11.8 Å². The van der Waals surface area contributed by atoms with Crippen molar-refractivity contribution in [3.63, 3.8) is 0 Å². The maximum atomic E-state index is 13.6. The molecule has 0 radical (unpaired) electrons. The number of nitrogens with zero attached hydrogens (tertiary/aromatic N) is 1. The van der Waals surface area contributed by atoms with Crippen LogP contribution in [0.15, 0.2) is 0 Å². The zero-order chi connectivity index (χ0) is 22.3. The van der Waals surface area contributed by atoms with E-state index in [1.54, 1.807) is 11.9 Å². The first-order valence-corrected chi connectivity index (χ1v) is 11.2. The summed E-state index contributed by atoms with van der Waals surface area (Å²) in [6.07, 6.45) is 4.47. The number of unbranched alkanes of at least 4 members (excludes halogenated alkanes) is 3. The first-order valence-electron chi connectivity index (χ1n) is 11.2. The van der Waals surface area contributed by atoms with Crippen LogP contribution in [0.2, 0.25) is 0 Å². The Bertz CT molecular complexity index is 705. The number of carbonyl (C=O) groups is 3. The van der Waals surface area contributed by atoms with Crippen molar-refractivity contribution in [2.45, 2.75) is 89.0 Å². The van der Waals surface area contributed by atoms with Gasteiger partial charge in [0.15, 0.2) is 0 Å². The van der Waals surface area contributed by atoms with Crippen LogP contribution < -0.4 is 10.6 Å². The monoisotopic (exact) mass is 423 g/mol. The SMILES string of the molecule is CNC(=O)[C@@H]1[C@H]2C(=O)N(CCCCCCO)C(C(=O)NC(C)(C)C)C23CC[C@@]1(C)O3. The van der Waals surface area contributed by atoms with Crippen LogP contribution in [-0.4, -0.2) is 70.7 Å². The van der Waals surface area contributed by atoms with Gasteiger partial charge in [0.2, 0.25) is 17.7 Å². The van der Waals surface area contributed by atoms with Gasteiger partial charge in [0, 0.05) is 25.7 Å². The van der Waals surface area contributed by atoms with Crippen LogP contribution in [0.25, 0.3) is 0 Å². The molecule has 0 aromatic rings. The van der Waals surface area contributed by atoms with Crippen molar-refractivity contribution in [3.8, 4) is 0 Å². The van der Waals surface area contributed by atoms with Gasteiger partial charge in [-0.15, -0.1) is 0 Å². The average molecular weight is 424 g/mol. The van der Waals surface area contributed by atoms with E-state index in [1.807, 2.05) is 27.7 Å². The fraction of sp³-hybridized carbons (Fsp3) is 0.864. The Morgan fingerprint density at radius 1 is 1.17 bits per heavy atom. The maximum absolute atomic E-state index is 13.6. The van der Waals surface area contributed by atoms with Gasteiger partial charge >= 0.3 is 0 Å². The highest BCUT2D eigenvalue weighted by atomic mass is 16.5. The molecule has 0 saturated carbocycles. The van der Waals surface area contributed by atoms with E-state index in [2.05, 4.69) is 10.6 Å². The molecule has 3 amide bonds. The lowest BCUT2D eigenvalue weighted by molar-refractivity contribution is -0.146. The predicted octanol–water partition coefficient (Wildman–Crippen LogP) is 0.965.